The van der Waals surface area contributed by atoms with Gasteiger partial charge in [-0.1, -0.05) is 187 Å². The minimum Gasteiger partial charge on any atom is -0.351 e. The lowest BCUT2D eigenvalue weighted by Gasteiger charge is -2.33. The van der Waals surface area contributed by atoms with E-state index >= 15 is 0 Å². The Morgan fingerprint density at radius 2 is 0.703 bits per heavy atom. The van der Waals surface area contributed by atoms with Crippen molar-refractivity contribution in [1.82, 2.24) is 56.4 Å². The van der Waals surface area contributed by atoms with Gasteiger partial charge in [0.15, 0.2) is 0 Å². The number of amides is 5. The van der Waals surface area contributed by atoms with E-state index in [2.05, 4.69) is 192 Å². The summed E-state index contributed by atoms with van der Waals surface area (Å²) in [5.74, 6) is -0.815. The van der Waals surface area contributed by atoms with Gasteiger partial charge in [-0.3, -0.25) is 28.9 Å². The summed E-state index contributed by atoms with van der Waals surface area (Å²) in [4.78, 5) is 81.1. The number of aryl methyl sites for hydroxylation is 5. The number of aromatic nitrogens is 5. The highest BCUT2D eigenvalue weighted by Crippen LogP contribution is 2.35. The molecule has 1 aliphatic heterocycles. The molecule has 6 heterocycles. The van der Waals surface area contributed by atoms with Crippen molar-refractivity contribution < 1.29 is 28.4 Å². The lowest BCUT2D eigenvalue weighted by Crippen LogP contribution is -2.42. The van der Waals surface area contributed by atoms with Crippen molar-refractivity contribution in [2.75, 3.05) is 65.4 Å². The number of hydrogen-bond donors (Lipinski definition) is 19. The van der Waals surface area contributed by atoms with Crippen molar-refractivity contribution in [2.45, 2.75) is 167 Å². The fourth-order valence-electron chi connectivity index (χ4n) is 17.5. The van der Waals surface area contributed by atoms with Crippen molar-refractivity contribution in [3.63, 3.8) is 0 Å². The molecule has 1 saturated carbocycles. The molecule has 28 N–H and O–H groups in total. The maximum Gasteiger partial charge on any atom is 0.267 e. The Morgan fingerprint density at radius 1 is 0.377 bits per heavy atom. The number of rotatable bonds is 33. The summed E-state index contributed by atoms with van der Waals surface area (Å²) >= 11 is 6.38. The molecule has 15 aromatic rings. The molecule has 0 radical (unpaired) electrons. The van der Waals surface area contributed by atoms with Crippen LogP contribution in [0.1, 0.15) is 171 Å². The van der Waals surface area contributed by atoms with Crippen LogP contribution in [0.15, 0.2) is 231 Å². The van der Waals surface area contributed by atoms with E-state index in [0.29, 0.717) is 110 Å². The molecule has 10 aromatic carbocycles. The van der Waals surface area contributed by atoms with Gasteiger partial charge in [0.25, 0.3) is 29.5 Å². The van der Waals surface area contributed by atoms with Gasteiger partial charge in [0.1, 0.15) is 34.3 Å². The molecular weight excluding hydrogens is 1750 g/mol. The van der Waals surface area contributed by atoms with E-state index in [9.17, 15) is 28.4 Å². The van der Waals surface area contributed by atoms with Crippen molar-refractivity contribution in [2.24, 2.45) is 51.6 Å². The van der Waals surface area contributed by atoms with Crippen LogP contribution >= 0.6 is 11.6 Å². The van der Waals surface area contributed by atoms with Gasteiger partial charge in [-0.15, -0.1) is 0 Å². The van der Waals surface area contributed by atoms with Crippen LogP contribution in [0.25, 0.3) is 110 Å². The molecule has 5 atom stereocenters. The molecule has 2 aliphatic rings. The Bertz CT molecular complexity index is 6590. The summed E-state index contributed by atoms with van der Waals surface area (Å²) in [5, 5.41) is 20.5. The predicted molar refractivity (Wildman–Crippen MR) is 564 cm³/mol. The fraction of sp³-hybridized carbons (Fsp3) is 0.324. The van der Waals surface area contributed by atoms with E-state index in [1.807, 2.05) is 117 Å². The van der Waals surface area contributed by atoms with Gasteiger partial charge in [0, 0.05) is 147 Å². The maximum absolute atomic E-state index is 13.8. The molecule has 25 nitrogen and oxygen atoms in total. The Labute approximate surface area is 812 Å². The molecule has 1 aliphatic carbocycles. The van der Waals surface area contributed by atoms with Gasteiger partial charge in [0.05, 0.1) is 0 Å². The SMILES string of the molecule is CCc1cc(-c2ccc3cc(C(=O)NC[C@@H](N)CCCN)[nH]c3c2)ccc1F.Cc1ccc(-c2ccc3cc(C(=O)NC[C@@H](N)CCCN)[nH]c3c2)c(Cl)c1.Cc1ccc(-c2ccc3cc(C(=O)NC[C@@H](N)CCCN)[nH]c3c2)cc1.Cc1ccc(-c2ccc3cc(C(=O)N[C@H]4CCN(C5CCC(N)CC5)C4)[nH]c3c2)cc1.Cc1cccc(-c2ccc3cc(C(=O)NC[C@@H](N)CCCN)[nH]c3c2)c1. The zero-order valence-electron chi connectivity index (χ0n) is 79.9. The highest BCUT2D eigenvalue weighted by atomic mass is 35.5. The number of fused-ring (bicyclic) bond motifs is 5. The molecule has 2 fully saturated rings. The van der Waals surface area contributed by atoms with Gasteiger partial charge in [-0.05, 0) is 284 Å². The topological polar surface area (TPSA) is 462 Å². The van der Waals surface area contributed by atoms with E-state index in [0.717, 1.165) is 188 Å². The third-order valence-electron chi connectivity index (χ3n) is 25.7. The second-order valence-corrected chi connectivity index (χ2v) is 37.2. The van der Waals surface area contributed by atoms with Crippen LogP contribution in [0.3, 0.4) is 0 Å². The zero-order chi connectivity index (χ0) is 97.9. The second kappa shape index (κ2) is 49.9. The molecular formula is C111H136ClFN20O5. The van der Waals surface area contributed by atoms with Crippen molar-refractivity contribution in [3.05, 3.63) is 298 Å². The van der Waals surface area contributed by atoms with E-state index in [1.54, 1.807) is 6.07 Å². The Balaban J connectivity index is 0.000000146. The number of likely N-dealkylation sites (tertiary alicyclic amines) is 1. The summed E-state index contributed by atoms with van der Waals surface area (Å²) in [7, 11) is 0. The zero-order valence-corrected chi connectivity index (χ0v) is 80.6. The summed E-state index contributed by atoms with van der Waals surface area (Å²) in [6, 6.07) is 77.3. The van der Waals surface area contributed by atoms with Crippen LogP contribution in [-0.2, 0) is 6.42 Å². The number of nitrogens with one attached hydrogen (secondary N) is 10. The number of halogens is 2. The molecule has 27 heteroatoms. The van der Waals surface area contributed by atoms with Crippen LogP contribution < -0.4 is 78.2 Å². The first-order valence-electron chi connectivity index (χ1n) is 48.3. The number of nitrogens with two attached hydrogens (primary N) is 9. The van der Waals surface area contributed by atoms with Crippen LogP contribution in [0.4, 0.5) is 4.39 Å². The van der Waals surface area contributed by atoms with Gasteiger partial charge in [0.2, 0.25) is 0 Å². The lowest BCUT2D eigenvalue weighted by molar-refractivity contribution is 0.0924. The minimum atomic E-state index is -0.184. The Kier molecular flexibility index (Phi) is 37.0. The minimum absolute atomic E-state index is 0.00870. The Hall–Kier alpha value is -12.9. The third-order valence-corrected chi connectivity index (χ3v) is 26.0. The molecule has 5 amide bonds. The van der Waals surface area contributed by atoms with Crippen LogP contribution in [0.5, 0.6) is 0 Å². The van der Waals surface area contributed by atoms with Gasteiger partial charge < -0.3 is 103 Å². The largest absolute Gasteiger partial charge is 0.351 e. The number of nitrogens with zero attached hydrogens (tertiary/aromatic N) is 1. The molecule has 5 aromatic heterocycles. The molecule has 17 rings (SSSR count). The fourth-order valence-corrected chi connectivity index (χ4v) is 17.8. The first kappa shape index (κ1) is 102. The standard InChI is InChI=1S/C26H32N4O.C22H27FN4O.C21H25ClN4O.2C21H26N4O/c1-17-2-4-18(5-3-17)19-6-7-20-15-25(29-24(20)14-19)26(31)28-22-12-13-30(16-22)23-10-8-21(27)9-11-23;1-2-14-10-15(7-8-19(14)23)16-5-6-17-12-21(27-20(17)11-16)22(28)26-13-18(25)4-3-9-24;1-13-4-7-17(18(22)9-13)14-5-6-15-11-20(26-19(15)10-14)21(27)25-12-16(24)3-2-8-23;1-14-4-2-5-15(10-14)16-7-8-17-12-20(25-19(17)11-16)21(26)24-13-18(23)6-3-9-22;1-14-4-6-15(7-5-14)16-8-9-17-12-20(25-19(17)11-16)21(26)24-13-18(23)3-2-10-22/h2-7,14-15,21-23,29H,8-13,16,27H2,1H3,(H,28,31);5-8,10-12,18,27H,2-4,9,13,24-25H2,1H3,(H,26,28);4-7,9-11,16,26H,2-3,8,12,23-24H2,1H3,(H,25,27);2,4-5,7-8,10-12,18,25H,3,6,9,13,22-23H2,1H3,(H,24,26);4-9,11-12,18,25H,2-3,10,13,22-23H2,1H3,(H,24,26)/t21?,22-,23?;18-;16-;2*18-/m00000/s1. The van der Waals surface area contributed by atoms with E-state index in [4.69, 9.17) is 63.2 Å². The third kappa shape index (κ3) is 28.6. The lowest BCUT2D eigenvalue weighted by atomic mass is 9.91. The average molecular weight is 1880 g/mol. The van der Waals surface area contributed by atoms with Crippen LogP contribution in [0, 0.1) is 33.5 Å². The van der Waals surface area contributed by atoms with E-state index < -0.39 is 0 Å². The van der Waals surface area contributed by atoms with Crippen LogP contribution in [0.2, 0.25) is 5.02 Å². The molecule has 0 bridgehead atoms. The number of H-pyrrole nitrogens is 5. The van der Waals surface area contributed by atoms with Crippen molar-refractivity contribution >= 4 is 95.7 Å². The summed E-state index contributed by atoms with van der Waals surface area (Å²) < 4.78 is 13.8. The smallest absolute Gasteiger partial charge is 0.267 e. The molecule has 138 heavy (non-hydrogen) atoms. The normalized spacial score (nSPS) is 15.0. The quantitative estimate of drug-likeness (QED) is 0.0182. The monoisotopic (exact) mass is 1880 g/mol. The van der Waals surface area contributed by atoms with Crippen molar-refractivity contribution in [3.8, 4) is 55.6 Å². The number of aromatic amines is 5. The Morgan fingerprint density at radius 3 is 1.07 bits per heavy atom. The highest BCUT2D eigenvalue weighted by molar-refractivity contribution is 6.33. The summed E-state index contributed by atoms with van der Waals surface area (Å²) in [5.41, 5.74) is 75.6. The number of carbonyl (C=O) groups is 5. The number of carbonyl (C=O) groups excluding carboxylic acids is 5. The molecule has 0 unspecified atom stereocenters. The van der Waals surface area contributed by atoms with Gasteiger partial charge in [-0.25, -0.2) is 4.39 Å². The molecule has 0 spiro atoms. The second-order valence-electron chi connectivity index (χ2n) is 36.8. The first-order chi connectivity index (χ1) is 66.7. The van der Waals surface area contributed by atoms with Gasteiger partial charge in [-0.2, -0.15) is 0 Å². The average Bonchev–Trinajstić information content (AvgIpc) is 1.70. The van der Waals surface area contributed by atoms with Crippen molar-refractivity contribution in [1.29, 1.82) is 0 Å². The van der Waals surface area contributed by atoms with E-state index in [1.165, 1.54) is 46.7 Å². The number of hydrogen-bond acceptors (Lipinski definition) is 15. The van der Waals surface area contributed by atoms with Crippen LogP contribution in [-0.4, -0.2) is 167 Å². The summed E-state index contributed by atoms with van der Waals surface area (Å²) in [6.45, 7) is 16.4. The van der Waals surface area contributed by atoms with E-state index in [-0.39, 0.29) is 65.6 Å². The summed E-state index contributed by atoms with van der Waals surface area (Å²) in [6.07, 6.45) is 12.9. The predicted octanol–water partition coefficient (Wildman–Crippen LogP) is 17.0. The highest BCUT2D eigenvalue weighted by Gasteiger charge is 2.32. The maximum atomic E-state index is 13.8. The number of benzene rings is 10. The van der Waals surface area contributed by atoms with Gasteiger partial charge >= 0.3 is 0 Å². The molecule has 1 saturated heterocycles. The molecule has 724 valence electrons. The first-order valence-corrected chi connectivity index (χ1v) is 48.7.